The van der Waals surface area contributed by atoms with Gasteiger partial charge in [0.1, 0.15) is 0 Å². The topological polar surface area (TPSA) is 65.8 Å². The summed E-state index contributed by atoms with van der Waals surface area (Å²) in [6, 6.07) is 20.3. The van der Waals surface area contributed by atoms with Gasteiger partial charge in [0, 0.05) is 48.5 Å². The molecule has 164 valence electrons. The van der Waals surface area contributed by atoms with Gasteiger partial charge in [-0.1, -0.05) is 30.3 Å². The summed E-state index contributed by atoms with van der Waals surface area (Å²) in [6.45, 7) is 5.35. The molecule has 8 heteroatoms. The van der Waals surface area contributed by atoms with Crippen molar-refractivity contribution in [3.05, 3.63) is 82.3 Å². The van der Waals surface area contributed by atoms with Gasteiger partial charge >= 0.3 is 0 Å². The van der Waals surface area contributed by atoms with Gasteiger partial charge in [-0.25, -0.2) is 9.98 Å². The summed E-state index contributed by atoms with van der Waals surface area (Å²) in [5.74, 6) is 1.32. The van der Waals surface area contributed by atoms with Crippen LogP contribution in [0.3, 0.4) is 0 Å². The van der Waals surface area contributed by atoms with Gasteiger partial charge in [-0.3, -0.25) is 14.7 Å². The van der Waals surface area contributed by atoms with E-state index in [0.29, 0.717) is 11.6 Å². The first-order valence-electron chi connectivity index (χ1n) is 10.8. The molecule has 0 spiro atoms. The van der Waals surface area contributed by atoms with Crippen LogP contribution >= 0.6 is 11.8 Å². The molecule has 0 radical (unpaired) electrons. The van der Waals surface area contributed by atoms with Crippen LogP contribution in [0.4, 0.5) is 11.6 Å². The number of anilines is 2. The maximum absolute atomic E-state index is 12.9. The van der Waals surface area contributed by atoms with E-state index in [1.54, 1.807) is 22.4 Å². The van der Waals surface area contributed by atoms with Crippen LogP contribution in [0.2, 0.25) is 0 Å². The van der Waals surface area contributed by atoms with Crippen molar-refractivity contribution in [1.82, 2.24) is 14.5 Å². The van der Waals surface area contributed by atoms with Gasteiger partial charge in [0.25, 0.3) is 5.56 Å². The van der Waals surface area contributed by atoms with Crippen molar-refractivity contribution in [2.45, 2.75) is 18.0 Å². The van der Waals surface area contributed by atoms with Crippen molar-refractivity contribution < 1.29 is 0 Å². The molecule has 32 heavy (non-hydrogen) atoms. The number of nitrogens with zero attached hydrogens (tertiary/aromatic N) is 5. The van der Waals surface area contributed by atoms with Crippen LogP contribution < -0.4 is 15.8 Å². The zero-order chi connectivity index (χ0) is 22.1. The van der Waals surface area contributed by atoms with E-state index in [2.05, 4.69) is 62.8 Å². The molecule has 5 rings (SSSR count). The largest absolute Gasteiger partial charge is 0.368 e. The van der Waals surface area contributed by atoms with E-state index >= 15 is 0 Å². The quantitative estimate of drug-likeness (QED) is 0.622. The number of benzene rings is 2. The average molecular weight is 447 g/mol. The first kappa shape index (κ1) is 20.6. The minimum atomic E-state index is -0.440. The van der Waals surface area contributed by atoms with Gasteiger partial charge in [0.2, 0.25) is 11.9 Å². The Hall–Kier alpha value is -3.26. The number of rotatable bonds is 3. The summed E-state index contributed by atoms with van der Waals surface area (Å²) in [7, 11) is 0. The van der Waals surface area contributed by atoms with Crippen LogP contribution in [-0.2, 0) is 0 Å². The van der Waals surface area contributed by atoms with E-state index < -0.39 is 6.17 Å². The molecule has 0 aliphatic carbocycles. The van der Waals surface area contributed by atoms with Crippen LogP contribution in [0.25, 0.3) is 0 Å². The Morgan fingerprint density at radius 2 is 1.66 bits per heavy atom. The number of guanidine groups is 1. The molecule has 3 aromatic rings. The maximum Gasteiger partial charge on any atom is 0.257 e. The number of piperazine rings is 1. The van der Waals surface area contributed by atoms with Crippen LogP contribution in [0.5, 0.6) is 0 Å². The molecule has 1 fully saturated rings. The van der Waals surface area contributed by atoms with E-state index in [4.69, 9.17) is 4.99 Å². The highest BCUT2D eigenvalue weighted by atomic mass is 32.2. The second-order valence-electron chi connectivity index (χ2n) is 7.96. The fraction of sp³-hybridized carbons (Fsp3) is 0.292. The molecule has 0 bridgehead atoms. The number of aromatic nitrogens is 2. The zero-order valence-electron chi connectivity index (χ0n) is 18.2. The van der Waals surface area contributed by atoms with Gasteiger partial charge in [0.05, 0.1) is 0 Å². The molecule has 1 atom stereocenters. The van der Waals surface area contributed by atoms with Crippen molar-refractivity contribution in [2.24, 2.45) is 4.99 Å². The molecular weight excluding hydrogens is 420 g/mol. The fourth-order valence-corrected chi connectivity index (χ4v) is 4.62. The van der Waals surface area contributed by atoms with E-state index in [0.717, 1.165) is 37.7 Å². The van der Waals surface area contributed by atoms with E-state index in [1.807, 2.05) is 25.1 Å². The van der Waals surface area contributed by atoms with E-state index in [-0.39, 0.29) is 5.56 Å². The van der Waals surface area contributed by atoms with Crippen molar-refractivity contribution in [3.8, 4) is 0 Å². The minimum absolute atomic E-state index is 0.101. The monoisotopic (exact) mass is 446 g/mol. The second-order valence-corrected chi connectivity index (χ2v) is 8.84. The third-order valence-electron chi connectivity index (χ3n) is 5.91. The lowest BCUT2D eigenvalue weighted by atomic mass is 10.1. The highest BCUT2D eigenvalue weighted by Gasteiger charge is 2.29. The normalized spacial score (nSPS) is 18.1. The second kappa shape index (κ2) is 8.70. The van der Waals surface area contributed by atoms with Gasteiger partial charge < -0.3 is 9.80 Å². The third-order valence-corrected chi connectivity index (χ3v) is 6.65. The maximum atomic E-state index is 12.9. The highest BCUT2D eigenvalue weighted by Crippen LogP contribution is 2.28. The number of fused-ring (bicyclic) bond motifs is 1. The summed E-state index contributed by atoms with van der Waals surface area (Å²) in [5.41, 5.74) is 2.81. The molecule has 2 aliphatic heterocycles. The molecule has 0 saturated carbocycles. The van der Waals surface area contributed by atoms with Crippen molar-refractivity contribution in [3.63, 3.8) is 0 Å². The Bertz CT molecular complexity index is 1180. The predicted molar refractivity (Wildman–Crippen MR) is 131 cm³/mol. The van der Waals surface area contributed by atoms with Crippen LogP contribution in [0, 0.1) is 6.92 Å². The summed E-state index contributed by atoms with van der Waals surface area (Å²) in [5, 5.41) is 3.33. The lowest BCUT2D eigenvalue weighted by Gasteiger charge is -2.39. The minimum Gasteiger partial charge on any atom is -0.368 e. The van der Waals surface area contributed by atoms with Crippen molar-refractivity contribution in [1.29, 1.82) is 0 Å². The number of aryl methyl sites for hydroxylation is 1. The molecule has 7 nitrogen and oxygen atoms in total. The Morgan fingerprint density at radius 1 is 0.969 bits per heavy atom. The number of para-hydroxylation sites is 1. The van der Waals surface area contributed by atoms with Crippen molar-refractivity contribution in [2.75, 3.05) is 42.7 Å². The Balaban J connectivity index is 1.45. The van der Waals surface area contributed by atoms with E-state index in [1.165, 1.54) is 10.6 Å². The van der Waals surface area contributed by atoms with Gasteiger partial charge in [-0.2, -0.15) is 0 Å². The smallest absolute Gasteiger partial charge is 0.257 e. The molecule has 0 amide bonds. The van der Waals surface area contributed by atoms with Crippen LogP contribution in [-0.4, -0.2) is 52.8 Å². The third kappa shape index (κ3) is 3.98. The fourth-order valence-electron chi connectivity index (χ4n) is 4.21. The molecule has 2 aliphatic rings. The number of aliphatic imine (C=N–C) groups is 1. The predicted octanol–water partition coefficient (Wildman–Crippen LogP) is 3.42. The zero-order valence-corrected chi connectivity index (χ0v) is 19.0. The molecule has 2 aromatic carbocycles. The number of hydrogen-bond donors (Lipinski definition) is 1. The summed E-state index contributed by atoms with van der Waals surface area (Å²) >= 11 is 1.69. The van der Waals surface area contributed by atoms with Gasteiger partial charge in [0.15, 0.2) is 6.17 Å². The summed E-state index contributed by atoms with van der Waals surface area (Å²) < 4.78 is 1.64. The van der Waals surface area contributed by atoms with Crippen molar-refractivity contribution >= 4 is 29.4 Å². The summed E-state index contributed by atoms with van der Waals surface area (Å²) in [6.07, 6.45) is 1.61. The number of thioether (sulfide) groups is 1. The first-order chi connectivity index (χ1) is 15.6. The average Bonchev–Trinajstić information content (AvgIpc) is 2.84. The van der Waals surface area contributed by atoms with Crippen LogP contribution in [0.1, 0.15) is 17.4 Å². The molecule has 1 N–H and O–H groups in total. The lowest BCUT2D eigenvalue weighted by molar-refractivity contribution is 0.376. The van der Waals surface area contributed by atoms with Crippen LogP contribution in [0.15, 0.2) is 75.3 Å². The van der Waals surface area contributed by atoms with E-state index in [9.17, 15) is 4.79 Å². The number of nitrogens with one attached hydrogen (secondary N) is 1. The lowest BCUT2D eigenvalue weighted by Crippen LogP contribution is -2.52. The first-order valence-corrected chi connectivity index (χ1v) is 12.0. The van der Waals surface area contributed by atoms with Gasteiger partial charge in [-0.15, -0.1) is 11.8 Å². The van der Waals surface area contributed by atoms with Gasteiger partial charge in [-0.05, 0) is 43.0 Å². The molecule has 1 saturated heterocycles. The number of hydrogen-bond acceptors (Lipinski definition) is 7. The SMILES string of the molecule is CSc1ccc(C2N=C(N3CCN(c4ccccc4)CC3)Nc3nc(C)cc(=O)n32)cc1. The standard InChI is InChI=1S/C24H26N6OS/c1-17-16-21(31)30-22(18-8-10-20(32-2)11-9-18)26-23(27-24(30)25-17)29-14-12-28(13-15-29)19-6-4-3-5-7-19/h3-11,16,22H,12-15H2,1-2H3,(H,25,26,27). The highest BCUT2D eigenvalue weighted by molar-refractivity contribution is 7.98. The Kier molecular flexibility index (Phi) is 5.61. The Labute approximate surface area is 191 Å². The Morgan fingerprint density at radius 3 is 2.34 bits per heavy atom. The molecular formula is C24H26N6OS. The summed E-state index contributed by atoms with van der Waals surface area (Å²) in [4.78, 5) is 28.3. The molecule has 1 aromatic heterocycles. The molecule has 1 unspecified atom stereocenters. The molecule has 3 heterocycles.